The van der Waals surface area contributed by atoms with Crippen LogP contribution in [0, 0.1) is 0 Å². The van der Waals surface area contributed by atoms with Gasteiger partial charge in [-0.1, -0.05) is 11.8 Å². The van der Waals surface area contributed by atoms with Crippen molar-refractivity contribution < 1.29 is 9.84 Å². The van der Waals surface area contributed by atoms with E-state index in [1.165, 1.54) is 0 Å². The molecule has 74 valence electrons. The van der Waals surface area contributed by atoms with Gasteiger partial charge in [0.1, 0.15) is 0 Å². The molecule has 1 N–H and O–H groups in total. The monoisotopic (exact) mass is 202 g/mol. The van der Waals surface area contributed by atoms with Gasteiger partial charge in [0, 0.05) is 25.2 Å². The molecule has 0 atom stereocenters. The SMILES string of the molecule is Cn1ccnc1SCCOCCO. The Kier molecular flexibility index (Phi) is 4.88. The lowest BCUT2D eigenvalue weighted by atomic mass is 10.7. The van der Waals surface area contributed by atoms with E-state index in [1.807, 2.05) is 17.8 Å². The molecule has 1 rings (SSSR count). The lowest BCUT2D eigenvalue weighted by molar-refractivity contribution is 0.103. The van der Waals surface area contributed by atoms with Gasteiger partial charge in [0.2, 0.25) is 0 Å². The molecular formula is C8H14N2O2S. The molecule has 1 heterocycles. The number of aliphatic hydroxyl groups is 1. The molecule has 0 amide bonds. The molecule has 0 aliphatic carbocycles. The smallest absolute Gasteiger partial charge is 0.167 e. The van der Waals surface area contributed by atoms with Crippen molar-refractivity contribution in [3.05, 3.63) is 12.4 Å². The molecule has 13 heavy (non-hydrogen) atoms. The van der Waals surface area contributed by atoms with Crippen LogP contribution in [-0.2, 0) is 11.8 Å². The molecule has 0 radical (unpaired) electrons. The van der Waals surface area contributed by atoms with E-state index in [-0.39, 0.29) is 6.61 Å². The maximum atomic E-state index is 8.45. The molecule has 1 aromatic heterocycles. The van der Waals surface area contributed by atoms with Crippen molar-refractivity contribution in [2.45, 2.75) is 5.16 Å². The second-order valence-corrected chi connectivity index (χ2v) is 3.57. The topological polar surface area (TPSA) is 47.3 Å². The number of ether oxygens (including phenoxy) is 1. The number of thioether (sulfide) groups is 1. The number of hydrogen-bond acceptors (Lipinski definition) is 4. The average Bonchev–Trinajstić information content (AvgIpc) is 2.52. The quantitative estimate of drug-likeness (QED) is 0.539. The molecule has 4 nitrogen and oxygen atoms in total. The molecule has 0 spiro atoms. The predicted octanol–water partition coefficient (Wildman–Crippen LogP) is 0.521. The second kappa shape index (κ2) is 6.01. The van der Waals surface area contributed by atoms with Crippen molar-refractivity contribution >= 4 is 11.8 Å². The van der Waals surface area contributed by atoms with Crippen molar-refractivity contribution in [2.24, 2.45) is 7.05 Å². The molecule has 0 saturated carbocycles. The fourth-order valence-corrected chi connectivity index (χ4v) is 1.63. The average molecular weight is 202 g/mol. The summed E-state index contributed by atoms with van der Waals surface area (Å²) in [6, 6.07) is 0. The van der Waals surface area contributed by atoms with E-state index in [0.717, 1.165) is 10.9 Å². The standard InChI is InChI=1S/C8H14N2O2S/c1-10-3-2-9-8(10)13-7-6-12-5-4-11/h2-3,11H,4-7H2,1H3. The summed E-state index contributed by atoms with van der Waals surface area (Å²) in [5.74, 6) is 0.866. The Morgan fingerprint density at radius 3 is 3.08 bits per heavy atom. The Labute approximate surface area is 81.9 Å². The van der Waals surface area contributed by atoms with Gasteiger partial charge in [-0.15, -0.1) is 0 Å². The summed E-state index contributed by atoms with van der Waals surface area (Å²) < 4.78 is 7.08. The molecule has 0 unspecified atom stereocenters. The van der Waals surface area contributed by atoms with Gasteiger partial charge in [-0.25, -0.2) is 4.98 Å². The molecule has 0 saturated heterocycles. The van der Waals surface area contributed by atoms with E-state index >= 15 is 0 Å². The van der Waals surface area contributed by atoms with Crippen molar-refractivity contribution in [3.8, 4) is 0 Å². The minimum absolute atomic E-state index is 0.0903. The number of aromatic nitrogens is 2. The predicted molar refractivity (Wildman–Crippen MR) is 51.8 cm³/mol. The third-order valence-corrected chi connectivity index (χ3v) is 2.49. The first-order valence-corrected chi connectivity index (χ1v) is 5.12. The summed E-state index contributed by atoms with van der Waals surface area (Å²) in [6.07, 6.45) is 3.69. The van der Waals surface area contributed by atoms with Gasteiger partial charge in [0.05, 0.1) is 19.8 Å². The fraction of sp³-hybridized carbons (Fsp3) is 0.625. The van der Waals surface area contributed by atoms with E-state index in [2.05, 4.69) is 4.98 Å². The van der Waals surface area contributed by atoms with Crippen molar-refractivity contribution in [1.82, 2.24) is 9.55 Å². The van der Waals surface area contributed by atoms with E-state index in [4.69, 9.17) is 9.84 Å². The molecule has 0 aromatic carbocycles. The Morgan fingerprint density at radius 1 is 1.62 bits per heavy atom. The highest BCUT2D eigenvalue weighted by Crippen LogP contribution is 2.13. The Bertz CT molecular complexity index is 240. The normalized spacial score (nSPS) is 10.6. The number of aryl methyl sites for hydroxylation is 1. The first kappa shape index (κ1) is 10.6. The minimum atomic E-state index is 0.0903. The molecule has 0 fully saturated rings. The lowest BCUT2D eigenvalue weighted by Gasteiger charge is -2.02. The van der Waals surface area contributed by atoms with Gasteiger partial charge >= 0.3 is 0 Å². The van der Waals surface area contributed by atoms with Crippen molar-refractivity contribution in [2.75, 3.05) is 25.6 Å². The minimum Gasteiger partial charge on any atom is -0.394 e. The van der Waals surface area contributed by atoms with Crippen molar-refractivity contribution in [1.29, 1.82) is 0 Å². The van der Waals surface area contributed by atoms with Crippen LogP contribution in [0.15, 0.2) is 17.6 Å². The van der Waals surface area contributed by atoms with E-state index in [0.29, 0.717) is 13.2 Å². The zero-order chi connectivity index (χ0) is 9.52. The summed E-state index contributed by atoms with van der Waals surface area (Å²) in [5.41, 5.74) is 0. The summed E-state index contributed by atoms with van der Waals surface area (Å²) >= 11 is 1.65. The Balaban J connectivity index is 2.10. The zero-order valence-corrected chi connectivity index (χ0v) is 8.46. The third kappa shape index (κ3) is 3.80. The number of nitrogens with zero attached hydrogens (tertiary/aromatic N) is 2. The molecule has 1 aromatic rings. The van der Waals surface area contributed by atoms with E-state index in [9.17, 15) is 0 Å². The van der Waals surface area contributed by atoms with Crippen LogP contribution >= 0.6 is 11.8 Å². The first-order chi connectivity index (χ1) is 6.34. The fourth-order valence-electron chi connectivity index (χ4n) is 0.850. The van der Waals surface area contributed by atoms with Crippen LogP contribution in [0.3, 0.4) is 0 Å². The van der Waals surface area contributed by atoms with Crippen LogP contribution in [-0.4, -0.2) is 40.2 Å². The second-order valence-electron chi connectivity index (χ2n) is 2.51. The summed E-state index contributed by atoms with van der Waals surface area (Å²) in [7, 11) is 1.96. The van der Waals surface area contributed by atoms with E-state index < -0.39 is 0 Å². The number of imidazole rings is 1. The van der Waals surface area contributed by atoms with Gasteiger partial charge in [0.25, 0.3) is 0 Å². The largest absolute Gasteiger partial charge is 0.394 e. The highest BCUT2D eigenvalue weighted by atomic mass is 32.2. The van der Waals surface area contributed by atoms with Crippen molar-refractivity contribution in [3.63, 3.8) is 0 Å². The first-order valence-electron chi connectivity index (χ1n) is 4.13. The van der Waals surface area contributed by atoms with Crippen LogP contribution in [0.2, 0.25) is 0 Å². The summed E-state index contributed by atoms with van der Waals surface area (Å²) in [4.78, 5) is 4.15. The number of rotatable bonds is 6. The van der Waals surface area contributed by atoms with Crippen LogP contribution in [0.4, 0.5) is 0 Å². The molecule has 0 aliphatic rings. The van der Waals surface area contributed by atoms with Gasteiger partial charge in [-0.2, -0.15) is 0 Å². The highest BCUT2D eigenvalue weighted by molar-refractivity contribution is 7.99. The van der Waals surface area contributed by atoms with Crippen LogP contribution in [0.5, 0.6) is 0 Å². The van der Waals surface area contributed by atoms with Gasteiger partial charge in [0.15, 0.2) is 5.16 Å². The van der Waals surface area contributed by atoms with Gasteiger partial charge < -0.3 is 14.4 Å². The van der Waals surface area contributed by atoms with Gasteiger partial charge in [-0.05, 0) is 0 Å². The third-order valence-electron chi connectivity index (χ3n) is 1.47. The number of hydrogen-bond donors (Lipinski definition) is 1. The van der Waals surface area contributed by atoms with Crippen LogP contribution in [0.1, 0.15) is 0 Å². The highest BCUT2D eigenvalue weighted by Gasteiger charge is 1.98. The molecular weight excluding hydrogens is 188 g/mol. The zero-order valence-electron chi connectivity index (χ0n) is 7.64. The van der Waals surface area contributed by atoms with Crippen LogP contribution in [0.25, 0.3) is 0 Å². The molecule has 0 aliphatic heterocycles. The van der Waals surface area contributed by atoms with Crippen LogP contribution < -0.4 is 0 Å². The maximum absolute atomic E-state index is 8.45. The summed E-state index contributed by atoms with van der Waals surface area (Å²) in [5, 5.41) is 9.44. The lowest BCUT2D eigenvalue weighted by Crippen LogP contribution is -2.03. The Hall–Kier alpha value is -0.520. The van der Waals surface area contributed by atoms with E-state index in [1.54, 1.807) is 18.0 Å². The Morgan fingerprint density at radius 2 is 2.46 bits per heavy atom. The summed E-state index contributed by atoms with van der Waals surface area (Å²) in [6.45, 7) is 1.16. The van der Waals surface area contributed by atoms with Gasteiger partial charge in [-0.3, -0.25) is 0 Å². The molecule has 0 bridgehead atoms. The maximum Gasteiger partial charge on any atom is 0.167 e. The molecule has 5 heteroatoms. The number of aliphatic hydroxyl groups excluding tert-OH is 1.